The van der Waals surface area contributed by atoms with Crippen LogP contribution in [0.4, 0.5) is 26.3 Å². The third kappa shape index (κ3) is 9.82. The number of carboxylic acids is 1. The minimum absolute atomic E-state index is 0.106. The van der Waals surface area contributed by atoms with Crippen LogP contribution in [0.1, 0.15) is 23.5 Å². The number of primary amides is 1. The van der Waals surface area contributed by atoms with E-state index in [0.717, 1.165) is 12.1 Å². The fourth-order valence-electron chi connectivity index (χ4n) is 2.55. The highest BCUT2D eigenvalue weighted by atomic mass is 19.4. The molecule has 0 saturated heterocycles. The molecule has 0 aliphatic carbocycles. The summed E-state index contributed by atoms with van der Waals surface area (Å²) in [6.45, 7) is 0.705. The number of nitrogens with zero attached hydrogens (tertiary/aromatic N) is 4. The first-order valence-electron chi connectivity index (χ1n) is 9.36. The normalized spacial score (nSPS) is 11.4. The summed E-state index contributed by atoms with van der Waals surface area (Å²) >= 11 is 0. The molecule has 0 saturated carbocycles. The number of nitriles is 1. The number of rotatable bonds is 7. The second-order valence-electron chi connectivity index (χ2n) is 6.87. The molecule has 0 aliphatic heterocycles. The molecule has 1 heterocycles. The van der Waals surface area contributed by atoms with Gasteiger partial charge in [0.25, 0.3) is 0 Å². The van der Waals surface area contributed by atoms with E-state index in [0.29, 0.717) is 25.1 Å². The third-order valence-electron chi connectivity index (χ3n) is 4.01. The molecule has 184 valence electrons. The van der Waals surface area contributed by atoms with Crippen molar-refractivity contribution in [3.05, 3.63) is 47.4 Å². The van der Waals surface area contributed by atoms with Gasteiger partial charge in [-0.25, -0.2) is 14.8 Å². The molecule has 34 heavy (non-hydrogen) atoms. The molecule has 0 spiro atoms. The number of carbonyl (C=O) groups excluding carboxylic acids is 1. The van der Waals surface area contributed by atoms with Crippen molar-refractivity contribution in [3.63, 3.8) is 0 Å². The van der Waals surface area contributed by atoms with Crippen LogP contribution in [0.2, 0.25) is 0 Å². The Morgan fingerprint density at radius 3 is 2.26 bits per heavy atom. The number of halogens is 6. The van der Waals surface area contributed by atoms with E-state index < -0.39 is 29.8 Å². The molecule has 2 rings (SSSR count). The SMILES string of the molecule is CN(CCCc1cc(-c2cccc(C(F)(F)F)c2)nc(C#N)n1)CC(N)=O.O=C(O)C(F)(F)F. The number of aryl methyl sites for hydroxylation is 1. The van der Waals surface area contributed by atoms with Crippen molar-refractivity contribution in [1.82, 2.24) is 14.9 Å². The second-order valence-corrected chi connectivity index (χ2v) is 6.87. The van der Waals surface area contributed by atoms with Gasteiger partial charge in [0.15, 0.2) is 0 Å². The van der Waals surface area contributed by atoms with Crippen LogP contribution in [-0.2, 0) is 22.2 Å². The number of alkyl halides is 6. The molecule has 8 nitrogen and oxygen atoms in total. The van der Waals surface area contributed by atoms with E-state index in [2.05, 4.69) is 9.97 Å². The van der Waals surface area contributed by atoms with Crippen molar-refractivity contribution in [2.75, 3.05) is 20.1 Å². The van der Waals surface area contributed by atoms with Crippen molar-refractivity contribution in [1.29, 1.82) is 5.26 Å². The number of hydrogen-bond acceptors (Lipinski definition) is 6. The zero-order valence-corrected chi connectivity index (χ0v) is 17.6. The largest absolute Gasteiger partial charge is 0.490 e. The quantitative estimate of drug-likeness (QED) is 0.569. The number of carboxylic acid groups (broad SMARTS) is 1. The number of aromatic nitrogens is 2. The first-order valence-corrected chi connectivity index (χ1v) is 9.36. The number of hydrogen-bond donors (Lipinski definition) is 2. The van der Waals surface area contributed by atoms with E-state index in [9.17, 15) is 31.1 Å². The van der Waals surface area contributed by atoms with Gasteiger partial charge in [-0.2, -0.15) is 31.6 Å². The van der Waals surface area contributed by atoms with Crippen molar-refractivity contribution in [2.45, 2.75) is 25.2 Å². The van der Waals surface area contributed by atoms with Crippen molar-refractivity contribution in [2.24, 2.45) is 5.73 Å². The van der Waals surface area contributed by atoms with Gasteiger partial charge in [-0.15, -0.1) is 0 Å². The van der Waals surface area contributed by atoms with Gasteiger partial charge in [-0.3, -0.25) is 9.69 Å². The summed E-state index contributed by atoms with van der Waals surface area (Å²) in [5.41, 5.74) is 5.40. The van der Waals surface area contributed by atoms with Gasteiger partial charge in [-0.1, -0.05) is 12.1 Å². The predicted octanol–water partition coefficient (Wildman–Crippen LogP) is 3.02. The lowest BCUT2D eigenvalue weighted by Gasteiger charge is -2.14. The van der Waals surface area contributed by atoms with E-state index in [1.165, 1.54) is 12.1 Å². The predicted molar refractivity (Wildman–Crippen MR) is 106 cm³/mol. The first-order chi connectivity index (χ1) is 15.6. The lowest BCUT2D eigenvalue weighted by Crippen LogP contribution is -2.31. The van der Waals surface area contributed by atoms with E-state index in [4.69, 9.17) is 20.9 Å². The van der Waals surface area contributed by atoms with Crippen LogP contribution in [0.25, 0.3) is 11.3 Å². The van der Waals surface area contributed by atoms with Crippen LogP contribution in [0, 0.1) is 11.3 Å². The molecule has 0 unspecified atom stereocenters. The molecule has 1 amide bonds. The highest BCUT2D eigenvalue weighted by Crippen LogP contribution is 2.31. The number of aliphatic carboxylic acids is 1. The molecule has 1 aromatic heterocycles. The second kappa shape index (κ2) is 11.9. The zero-order chi connectivity index (χ0) is 26.1. The van der Waals surface area contributed by atoms with Gasteiger partial charge in [0.05, 0.1) is 17.8 Å². The highest BCUT2D eigenvalue weighted by Gasteiger charge is 2.38. The average Bonchev–Trinajstić information content (AvgIpc) is 2.72. The summed E-state index contributed by atoms with van der Waals surface area (Å²) in [5.74, 6) is -3.30. The fraction of sp³-hybridized carbons (Fsp3) is 0.350. The zero-order valence-electron chi connectivity index (χ0n) is 17.6. The lowest BCUT2D eigenvalue weighted by molar-refractivity contribution is -0.192. The molecule has 2 aromatic rings. The highest BCUT2D eigenvalue weighted by molar-refractivity contribution is 5.75. The maximum Gasteiger partial charge on any atom is 0.490 e. The maximum atomic E-state index is 12.9. The van der Waals surface area contributed by atoms with Crippen LogP contribution in [0.5, 0.6) is 0 Å². The Morgan fingerprint density at radius 2 is 1.76 bits per heavy atom. The van der Waals surface area contributed by atoms with E-state index in [1.54, 1.807) is 18.0 Å². The fourth-order valence-corrected chi connectivity index (χ4v) is 2.55. The number of benzene rings is 1. The van der Waals surface area contributed by atoms with E-state index in [1.807, 2.05) is 6.07 Å². The van der Waals surface area contributed by atoms with Crippen LogP contribution < -0.4 is 5.73 Å². The smallest absolute Gasteiger partial charge is 0.475 e. The van der Waals surface area contributed by atoms with Crippen LogP contribution in [0.15, 0.2) is 30.3 Å². The molecule has 14 heteroatoms. The summed E-state index contributed by atoms with van der Waals surface area (Å²) in [6.07, 6.45) is -8.44. The molecular weight excluding hydrogens is 472 g/mol. The topological polar surface area (TPSA) is 133 Å². The molecule has 0 fully saturated rings. The minimum Gasteiger partial charge on any atom is -0.475 e. The Balaban J connectivity index is 0.000000718. The van der Waals surface area contributed by atoms with Gasteiger partial charge >= 0.3 is 18.3 Å². The minimum atomic E-state index is -5.08. The van der Waals surface area contributed by atoms with Gasteiger partial charge in [0, 0.05) is 11.3 Å². The first kappa shape index (κ1) is 28.3. The molecule has 3 N–H and O–H groups in total. The Labute approximate surface area is 189 Å². The molecular formula is C20H19F6N5O3. The molecule has 0 radical (unpaired) electrons. The van der Waals surface area contributed by atoms with Crippen molar-refractivity contribution < 1.29 is 41.0 Å². The van der Waals surface area contributed by atoms with Gasteiger partial charge in [0.2, 0.25) is 11.7 Å². The van der Waals surface area contributed by atoms with E-state index >= 15 is 0 Å². The summed E-state index contributed by atoms with van der Waals surface area (Å²) in [4.78, 5) is 29.6. The van der Waals surface area contributed by atoms with Gasteiger partial charge in [-0.05, 0) is 44.6 Å². The maximum absolute atomic E-state index is 12.9. The molecule has 0 aliphatic rings. The Morgan fingerprint density at radius 1 is 1.15 bits per heavy atom. The van der Waals surface area contributed by atoms with Crippen molar-refractivity contribution in [3.8, 4) is 17.3 Å². The average molecular weight is 491 g/mol. The van der Waals surface area contributed by atoms with Gasteiger partial charge < -0.3 is 10.8 Å². The Bertz CT molecular complexity index is 1050. The number of likely N-dealkylation sites (N-methyl/N-ethyl adjacent to an activating group) is 1. The van der Waals surface area contributed by atoms with Crippen LogP contribution in [-0.4, -0.2) is 58.2 Å². The number of nitrogens with two attached hydrogens (primary N) is 1. The summed E-state index contributed by atoms with van der Waals surface area (Å²) in [5, 5.41) is 16.2. The van der Waals surface area contributed by atoms with Crippen LogP contribution >= 0.6 is 0 Å². The monoisotopic (exact) mass is 491 g/mol. The summed E-state index contributed by atoms with van der Waals surface area (Å²) < 4.78 is 70.5. The Hall–Kier alpha value is -3.73. The summed E-state index contributed by atoms with van der Waals surface area (Å²) in [6, 6.07) is 8.18. The molecule has 0 bridgehead atoms. The van der Waals surface area contributed by atoms with Crippen molar-refractivity contribution >= 4 is 11.9 Å². The number of amides is 1. The van der Waals surface area contributed by atoms with Crippen LogP contribution in [0.3, 0.4) is 0 Å². The van der Waals surface area contributed by atoms with Gasteiger partial charge in [0.1, 0.15) is 6.07 Å². The lowest BCUT2D eigenvalue weighted by atomic mass is 10.1. The third-order valence-corrected chi connectivity index (χ3v) is 4.01. The van der Waals surface area contributed by atoms with E-state index in [-0.39, 0.29) is 23.6 Å². The Kier molecular flexibility index (Phi) is 9.94. The molecule has 1 aromatic carbocycles. The summed E-state index contributed by atoms with van der Waals surface area (Å²) in [7, 11) is 1.75. The number of carbonyl (C=O) groups is 2. The standard InChI is InChI=1S/C18H18F3N5O.C2HF3O2/c1-26(11-16(23)27)7-3-6-14-9-15(25-17(10-22)24-14)12-4-2-5-13(8-12)18(19,20)21;3-2(4,5)1(6)7/h2,4-5,8-9H,3,6-7,11H2,1H3,(H2,23,27);(H,6,7). The molecule has 0 atom stereocenters.